The zero-order valence-corrected chi connectivity index (χ0v) is 25.2. The number of carbonyl (C=O) groups excluding carboxylic acids is 3. The van der Waals surface area contributed by atoms with E-state index in [2.05, 4.69) is 10.3 Å². The van der Waals surface area contributed by atoms with Crippen LogP contribution in [-0.4, -0.2) is 59.6 Å². The molecule has 230 valence electrons. The Labute approximate surface area is 258 Å². The van der Waals surface area contributed by atoms with Crippen molar-refractivity contribution >= 4 is 29.1 Å². The highest BCUT2D eigenvalue weighted by molar-refractivity contribution is 6.35. The number of hydrogen-bond donors (Lipinski definition) is 3. The first-order valence-corrected chi connectivity index (χ1v) is 14.1. The van der Waals surface area contributed by atoms with Crippen LogP contribution in [0.2, 0.25) is 5.02 Å². The number of methoxy groups -OCH3 is 3. The molecule has 0 radical (unpaired) electrons. The topological polar surface area (TPSA) is 154 Å². The molecule has 3 N–H and O–H groups in total. The van der Waals surface area contributed by atoms with E-state index in [4.69, 9.17) is 30.5 Å². The van der Waals surface area contributed by atoms with Gasteiger partial charge in [0.15, 0.2) is 28.8 Å². The van der Waals surface area contributed by atoms with Crippen LogP contribution in [0.5, 0.6) is 28.7 Å². The molecule has 1 amide bonds. The van der Waals surface area contributed by atoms with Gasteiger partial charge in [-0.1, -0.05) is 30.7 Å². The van der Waals surface area contributed by atoms with Crippen molar-refractivity contribution in [2.45, 2.75) is 37.8 Å². The lowest BCUT2D eigenvalue weighted by Gasteiger charge is -2.38. The Kier molecular flexibility index (Phi) is 8.42. The molecule has 0 bridgehead atoms. The Bertz CT molecular complexity index is 1670. The van der Waals surface area contributed by atoms with Gasteiger partial charge in [-0.3, -0.25) is 19.4 Å². The number of aromatic nitrogens is 1. The van der Waals surface area contributed by atoms with Gasteiger partial charge in [0.05, 0.1) is 33.6 Å². The quantitative estimate of drug-likeness (QED) is 0.306. The number of Topliss-reactive ketones (excluding diaryl/α,β-unsaturated/α-hetero) is 2. The molecule has 3 atom stereocenters. The van der Waals surface area contributed by atoms with E-state index in [9.17, 15) is 24.6 Å². The number of ether oxygens (including phenoxy) is 4. The standard InChI is InChI=1S/C32H31ClN2O9/c1-16-11-21(37)26(30(39)32(16)31(40)27-23(42-3)14-24(43-4)28(33)29(27)44-32)19(17-8-9-20(36)22(12-17)41-2)13-25(38)35-15-18-7-5-6-10-34-18/h5-10,12,14,16,19,36,39H,11,13,15H2,1-4H3,(H,35,38). The fourth-order valence-electron chi connectivity index (χ4n) is 5.79. The fourth-order valence-corrected chi connectivity index (χ4v) is 6.05. The van der Waals surface area contributed by atoms with Crippen molar-refractivity contribution in [2.24, 2.45) is 5.92 Å². The summed E-state index contributed by atoms with van der Waals surface area (Å²) in [6, 6.07) is 11.1. The van der Waals surface area contributed by atoms with Crippen molar-refractivity contribution < 1.29 is 43.5 Å². The average Bonchev–Trinajstić information content (AvgIpc) is 3.34. The maximum absolute atomic E-state index is 14.2. The third kappa shape index (κ3) is 5.06. The van der Waals surface area contributed by atoms with E-state index >= 15 is 0 Å². The van der Waals surface area contributed by atoms with Gasteiger partial charge in [0.2, 0.25) is 17.3 Å². The zero-order chi connectivity index (χ0) is 31.8. The molecule has 1 aliphatic heterocycles. The highest BCUT2D eigenvalue weighted by Crippen LogP contribution is 2.56. The minimum absolute atomic E-state index is 0.000644. The summed E-state index contributed by atoms with van der Waals surface area (Å²) in [5.41, 5.74) is -1.20. The molecule has 0 fully saturated rings. The molecule has 44 heavy (non-hydrogen) atoms. The molecule has 3 unspecified atom stereocenters. The van der Waals surface area contributed by atoms with Crippen LogP contribution in [0.4, 0.5) is 0 Å². The minimum atomic E-state index is -2.03. The summed E-state index contributed by atoms with van der Waals surface area (Å²) in [6.07, 6.45) is 1.12. The van der Waals surface area contributed by atoms with Crippen molar-refractivity contribution in [1.82, 2.24) is 10.3 Å². The summed E-state index contributed by atoms with van der Waals surface area (Å²) in [7, 11) is 4.13. The van der Waals surface area contributed by atoms with E-state index in [0.717, 1.165) is 0 Å². The number of benzene rings is 2. The number of aliphatic hydroxyl groups is 1. The number of phenolic OH excluding ortho intramolecular Hbond substituents is 1. The van der Waals surface area contributed by atoms with Gasteiger partial charge in [0, 0.05) is 42.5 Å². The highest BCUT2D eigenvalue weighted by atomic mass is 35.5. The normalized spacial score (nSPS) is 19.8. The molecular weight excluding hydrogens is 592 g/mol. The highest BCUT2D eigenvalue weighted by Gasteiger charge is 2.61. The van der Waals surface area contributed by atoms with E-state index < -0.39 is 40.7 Å². The minimum Gasteiger partial charge on any atom is -0.507 e. The van der Waals surface area contributed by atoms with E-state index in [1.54, 1.807) is 31.3 Å². The second-order valence-electron chi connectivity index (χ2n) is 10.5. The number of halogens is 1. The molecule has 2 heterocycles. The molecule has 1 aromatic heterocycles. The average molecular weight is 623 g/mol. The number of aromatic hydroxyl groups is 1. The Morgan fingerprint density at radius 2 is 1.82 bits per heavy atom. The van der Waals surface area contributed by atoms with Gasteiger partial charge < -0.3 is 34.5 Å². The summed E-state index contributed by atoms with van der Waals surface area (Å²) in [5.74, 6) is -3.89. The van der Waals surface area contributed by atoms with Gasteiger partial charge in [-0.2, -0.15) is 0 Å². The van der Waals surface area contributed by atoms with Crippen molar-refractivity contribution in [2.75, 3.05) is 21.3 Å². The molecule has 3 aromatic rings. The number of hydrogen-bond acceptors (Lipinski definition) is 10. The molecule has 1 aliphatic carbocycles. The van der Waals surface area contributed by atoms with Crippen molar-refractivity contribution in [1.29, 1.82) is 0 Å². The number of nitrogens with zero attached hydrogens (tertiary/aromatic N) is 1. The van der Waals surface area contributed by atoms with Gasteiger partial charge in [0.25, 0.3) is 0 Å². The van der Waals surface area contributed by atoms with Crippen molar-refractivity contribution in [3.8, 4) is 28.7 Å². The lowest BCUT2D eigenvalue weighted by Crippen LogP contribution is -2.53. The largest absolute Gasteiger partial charge is 0.507 e. The van der Waals surface area contributed by atoms with Gasteiger partial charge in [-0.15, -0.1) is 0 Å². The Morgan fingerprint density at radius 1 is 1.09 bits per heavy atom. The second-order valence-corrected chi connectivity index (χ2v) is 10.9. The first kappa shape index (κ1) is 30.7. The monoisotopic (exact) mass is 622 g/mol. The maximum atomic E-state index is 14.2. The van der Waals surface area contributed by atoms with Gasteiger partial charge in [-0.05, 0) is 29.8 Å². The number of aliphatic hydroxyl groups excluding tert-OH is 1. The van der Waals surface area contributed by atoms with Gasteiger partial charge >= 0.3 is 0 Å². The molecule has 5 rings (SSSR count). The van der Waals surface area contributed by atoms with E-state index in [-0.39, 0.29) is 64.3 Å². The molecule has 0 saturated carbocycles. The lowest BCUT2D eigenvalue weighted by atomic mass is 9.69. The molecule has 0 saturated heterocycles. The predicted octanol–water partition coefficient (Wildman–Crippen LogP) is 4.69. The summed E-state index contributed by atoms with van der Waals surface area (Å²) < 4.78 is 22.3. The third-order valence-electron chi connectivity index (χ3n) is 8.05. The summed E-state index contributed by atoms with van der Waals surface area (Å²) in [6.45, 7) is 1.74. The van der Waals surface area contributed by atoms with Crippen LogP contribution in [0.25, 0.3) is 0 Å². The zero-order valence-electron chi connectivity index (χ0n) is 24.5. The van der Waals surface area contributed by atoms with Gasteiger partial charge in [-0.25, -0.2) is 0 Å². The first-order valence-electron chi connectivity index (χ1n) is 13.8. The maximum Gasteiger partial charge on any atom is 0.231 e. The fraction of sp³-hybridized carbons (Fsp3) is 0.312. The summed E-state index contributed by atoms with van der Waals surface area (Å²) >= 11 is 6.55. The number of amides is 1. The molecule has 2 aromatic carbocycles. The number of fused-ring (bicyclic) bond motifs is 1. The smallest absolute Gasteiger partial charge is 0.231 e. The molecule has 2 aliphatic rings. The molecular formula is C32H31ClN2O9. The molecule has 11 nitrogen and oxygen atoms in total. The van der Waals surface area contributed by atoms with Gasteiger partial charge in [0.1, 0.15) is 22.1 Å². The van der Waals surface area contributed by atoms with Crippen LogP contribution in [0.1, 0.15) is 47.3 Å². The van der Waals surface area contributed by atoms with Crippen LogP contribution < -0.4 is 24.3 Å². The Morgan fingerprint density at radius 3 is 2.48 bits per heavy atom. The van der Waals surface area contributed by atoms with E-state index in [1.165, 1.54) is 45.6 Å². The summed E-state index contributed by atoms with van der Waals surface area (Å²) in [4.78, 5) is 45.5. The predicted molar refractivity (Wildman–Crippen MR) is 159 cm³/mol. The van der Waals surface area contributed by atoms with Crippen LogP contribution >= 0.6 is 11.6 Å². The molecule has 12 heteroatoms. The number of ketones is 2. The molecule has 1 spiro atoms. The number of pyridine rings is 1. The van der Waals surface area contributed by atoms with E-state index in [0.29, 0.717) is 11.3 Å². The van der Waals surface area contributed by atoms with Crippen LogP contribution in [0.15, 0.2) is 60.0 Å². The summed E-state index contributed by atoms with van der Waals surface area (Å²) in [5, 5.41) is 25.0. The van der Waals surface area contributed by atoms with Crippen molar-refractivity contribution in [3.05, 3.63) is 81.8 Å². The van der Waals surface area contributed by atoms with Crippen LogP contribution in [0.3, 0.4) is 0 Å². The lowest BCUT2D eigenvalue weighted by molar-refractivity contribution is -0.122. The first-order chi connectivity index (χ1) is 21.1. The SMILES string of the molecule is COc1cc(C(CC(=O)NCc2ccccn2)C2=C(O)C3(Oc4c(Cl)c(OC)cc(OC)c4C3=O)C(C)CC2=O)ccc1O. The van der Waals surface area contributed by atoms with Crippen LogP contribution in [-0.2, 0) is 16.1 Å². The Hall–Kier alpha value is -4.77. The van der Waals surface area contributed by atoms with Crippen LogP contribution in [0, 0.1) is 5.92 Å². The third-order valence-corrected chi connectivity index (χ3v) is 8.41. The number of nitrogens with one attached hydrogen (secondary N) is 1. The number of carbonyl (C=O) groups is 3. The van der Waals surface area contributed by atoms with E-state index in [1.807, 2.05) is 0 Å². The number of allylic oxidation sites excluding steroid dienone is 1. The number of rotatable bonds is 9. The van der Waals surface area contributed by atoms with Crippen molar-refractivity contribution in [3.63, 3.8) is 0 Å². The second kappa shape index (κ2) is 12.1. The Balaban J connectivity index is 1.63. The number of phenols is 1.